The summed E-state index contributed by atoms with van der Waals surface area (Å²) in [6.45, 7) is 6.16. The summed E-state index contributed by atoms with van der Waals surface area (Å²) in [4.78, 5) is 11.1. The monoisotopic (exact) mass is 205 g/mol. The van der Waals surface area contributed by atoms with E-state index in [0.29, 0.717) is 0 Å². The number of rotatable bonds is 5. The summed E-state index contributed by atoms with van der Waals surface area (Å²) in [5.74, 6) is 0. The molecule has 0 spiro atoms. The lowest BCUT2D eigenvalue weighted by molar-refractivity contribution is 0.409. The minimum atomic E-state index is -0.521. The predicted molar refractivity (Wildman–Crippen MR) is 63.9 cm³/mol. The first-order chi connectivity index (χ1) is 7.24. The maximum atomic E-state index is 11.1. The van der Waals surface area contributed by atoms with Crippen LogP contribution in [0, 0.1) is 4.91 Å². The fourth-order valence-corrected chi connectivity index (χ4v) is 2.09. The summed E-state index contributed by atoms with van der Waals surface area (Å²) >= 11 is 0. The fraction of sp³-hybridized carbons (Fsp3) is 0.538. The second kappa shape index (κ2) is 5.06. The molecule has 2 nitrogen and oxygen atoms in total. The number of aryl methyl sites for hydroxylation is 1. The van der Waals surface area contributed by atoms with E-state index in [1.54, 1.807) is 0 Å². The van der Waals surface area contributed by atoms with E-state index in [4.69, 9.17) is 0 Å². The van der Waals surface area contributed by atoms with Gasteiger partial charge in [0.1, 0.15) is 5.54 Å². The van der Waals surface area contributed by atoms with Gasteiger partial charge in [-0.1, -0.05) is 50.2 Å². The van der Waals surface area contributed by atoms with Crippen LogP contribution in [0.25, 0.3) is 0 Å². The van der Waals surface area contributed by atoms with Crippen LogP contribution in [0.5, 0.6) is 0 Å². The molecule has 0 aliphatic heterocycles. The zero-order chi connectivity index (χ0) is 11.3. The molecule has 82 valence electrons. The molecular formula is C13H19NO. The lowest BCUT2D eigenvalue weighted by Crippen LogP contribution is -2.22. The van der Waals surface area contributed by atoms with Crippen LogP contribution in [0.3, 0.4) is 0 Å². The van der Waals surface area contributed by atoms with Crippen LogP contribution in [0.15, 0.2) is 29.4 Å². The van der Waals surface area contributed by atoms with E-state index < -0.39 is 5.54 Å². The maximum absolute atomic E-state index is 11.1. The summed E-state index contributed by atoms with van der Waals surface area (Å²) in [6, 6.07) is 8.12. The van der Waals surface area contributed by atoms with E-state index in [2.05, 4.69) is 18.2 Å². The van der Waals surface area contributed by atoms with Crippen molar-refractivity contribution in [1.82, 2.24) is 0 Å². The highest BCUT2D eigenvalue weighted by Crippen LogP contribution is 2.35. The summed E-state index contributed by atoms with van der Waals surface area (Å²) in [5.41, 5.74) is 1.82. The van der Waals surface area contributed by atoms with Crippen molar-refractivity contribution in [2.75, 3.05) is 0 Å². The first-order valence-electron chi connectivity index (χ1n) is 5.67. The zero-order valence-electron chi connectivity index (χ0n) is 9.79. The first kappa shape index (κ1) is 11.9. The molecule has 2 heteroatoms. The molecular weight excluding hydrogens is 186 g/mol. The predicted octanol–water partition coefficient (Wildman–Crippen LogP) is 4.03. The second-order valence-corrected chi connectivity index (χ2v) is 3.84. The number of hydrogen-bond donors (Lipinski definition) is 0. The van der Waals surface area contributed by atoms with Crippen LogP contribution < -0.4 is 0 Å². The molecule has 1 aromatic carbocycles. The Morgan fingerprint density at radius 1 is 1.13 bits per heavy atom. The summed E-state index contributed by atoms with van der Waals surface area (Å²) in [7, 11) is 0. The third-order valence-corrected chi connectivity index (χ3v) is 3.24. The molecule has 0 fully saturated rings. The highest BCUT2D eigenvalue weighted by atomic mass is 16.3. The number of nitroso groups, excluding NO2 is 1. The van der Waals surface area contributed by atoms with Crippen molar-refractivity contribution in [2.24, 2.45) is 5.18 Å². The van der Waals surface area contributed by atoms with E-state index in [-0.39, 0.29) is 0 Å². The lowest BCUT2D eigenvalue weighted by Gasteiger charge is -2.26. The molecule has 15 heavy (non-hydrogen) atoms. The number of hydrogen-bond acceptors (Lipinski definition) is 2. The molecule has 0 radical (unpaired) electrons. The van der Waals surface area contributed by atoms with Gasteiger partial charge in [-0.25, -0.2) is 0 Å². The molecule has 1 aromatic rings. The highest BCUT2D eigenvalue weighted by molar-refractivity contribution is 5.34. The number of nitrogens with zero attached hydrogens (tertiary/aromatic N) is 1. The molecule has 0 saturated carbocycles. The van der Waals surface area contributed by atoms with Crippen LogP contribution in [-0.4, -0.2) is 0 Å². The van der Waals surface area contributed by atoms with Gasteiger partial charge >= 0.3 is 0 Å². The standard InChI is InChI=1S/C13H19NO/c1-4-11-9-7-8-10-12(11)13(5-2,6-3)14-15/h7-10H,4-6H2,1-3H3. The maximum Gasteiger partial charge on any atom is 0.127 e. The van der Waals surface area contributed by atoms with Crippen molar-refractivity contribution < 1.29 is 0 Å². The molecule has 0 aliphatic rings. The first-order valence-corrected chi connectivity index (χ1v) is 5.67. The Bertz CT molecular complexity index is 329. The molecule has 1 rings (SSSR count). The van der Waals surface area contributed by atoms with E-state index in [1.807, 2.05) is 32.0 Å². The molecule has 0 aromatic heterocycles. The van der Waals surface area contributed by atoms with Gasteiger partial charge in [0.25, 0.3) is 0 Å². The van der Waals surface area contributed by atoms with Crippen molar-refractivity contribution in [3.05, 3.63) is 40.3 Å². The van der Waals surface area contributed by atoms with Crippen LogP contribution in [-0.2, 0) is 12.0 Å². The Hall–Kier alpha value is -1.18. The topological polar surface area (TPSA) is 29.4 Å². The van der Waals surface area contributed by atoms with Crippen molar-refractivity contribution in [1.29, 1.82) is 0 Å². The smallest absolute Gasteiger partial charge is 0.127 e. The van der Waals surface area contributed by atoms with Gasteiger partial charge < -0.3 is 0 Å². The average molecular weight is 205 g/mol. The van der Waals surface area contributed by atoms with E-state index >= 15 is 0 Å². The van der Waals surface area contributed by atoms with Crippen molar-refractivity contribution in [3.63, 3.8) is 0 Å². The van der Waals surface area contributed by atoms with Gasteiger partial charge in [-0.2, -0.15) is 0 Å². The molecule has 0 saturated heterocycles. The van der Waals surface area contributed by atoms with Crippen molar-refractivity contribution >= 4 is 0 Å². The van der Waals surface area contributed by atoms with Gasteiger partial charge in [0, 0.05) is 0 Å². The summed E-state index contributed by atoms with van der Waals surface area (Å²) in [5, 5.41) is 3.39. The summed E-state index contributed by atoms with van der Waals surface area (Å²) in [6.07, 6.45) is 2.49. The minimum Gasteiger partial charge on any atom is -0.150 e. The van der Waals surface area contributed by atoms with Crippen LogP contribution in [0.4, 0.5) is 0 Å². The van der Waals surface area contributed by atoms with Crippen LogP contribution in [0.2, 0.25) is 0 Å². The Kier molecular flexibility index (Phi) is 4.01. The molecule has 0 N–H and O–H groups in total. The molecule has 0 bridgehead atoms. The zero-order valence-corrected chi connectivity index (χ0v) is 9.79. The molecule has 0 amide bonds. The SMILES string of the molecule is CCc1ccccc1C(CC)(CC)N=O. The molecule has 0 unspecified atom stereocenters. The average Bonchev–Trinajstić information content (AvgIpc) is 2.33. The lowest BCUT2D eigenvalue weighted by atomic mass is 9.82. The molecule has 0 heterocycles. The van der Waals surface area contributed by atoms with E-state index in [9.17, 15) is 4.91 Å². The van der Waals surface area contributed by atoms with E-state index in [1.165, 1.54) is 5.56 Å². The Morgan fingerprint density at radius 2 is 1.73 bits per heavy atom. The van der Waals surface area contributed by atoms with Crippen LogP contribution >= 0.6 is 0 Å². The van der Waals surface area contributed by atoms with Gasteiger partial charge in [-0.05, 0) is 30.4 Å². The van der Waals surface area contributed by atoms with Crippen molar-refractivity contribution in [2.45, 2.75) is 45.6 Å². The molecule has 0 aliphatic carbocycles. The van der Waals surface area contributed by atoms with Gasteiger partial charge in [0.05, 0.1) is 0 Å². The fourth-order valence-electron chi connectivity index (χ4n) is 2.09. The van der Waals surface area contributed by atoms with E-state index in [0.717, 1.165) is 24.8 Å². The third kappa shape index (κ3) is 2.09. The normalized spacial score (nSPS) is 11.4. The number of benzene rings is 1. The minimum absolute atomic E-state index is 0.521. The Morgan fingerprint density at radius 3 is 2.20 bits per heavy atom. The Labute approximate surface area is 91.7 Å². The largest absolute Gasteiger partial charge is 0.150 e. The van der Waals surface area contributed by atoms with Gasteiger partial charge in [-0.3, -0.25) is 0 Å². The van der Waals surface area contributed by atoms with Crippen molar-refractivity contribution in [3.8, 4) is 0 Å². The van der Waals surface area contributed by atoms with Gasteiger partial charge in [0.15, 0.2) is 0 Å². The summed E-state index contributed by atoms with van der Waals surface area (Å²) < 4.78 is 0. The van der Waals surface area contributed by atoms with Gasteiger partial charge in [0.2, 0.25) is 0 Å². The second-order valence-electron chi connectivity index (χ2n) is 3.84. The van der Waals surface area contributed by atoms with Gasteiger partial charge in [-0.15, -0.1) is 4.91 Å². The Balaban J connectivity index is 3.27. The third-order valence-electron chi connectivity index (χ3n) is 3.24. The van der Waals surface area contributed by atoms with Crippen LogP contribution in [0.1, 0.15) is 44.7 Å². The molecule has 0 atom stereocenters. The quantitative estimate of drug-likeness (QED) is 0.667. The highest BCUT2D eigenvalue weighted by Gasteiger charge is 2.31.